The van der Waals surface area contributed by atoms with Crippen molar-refractivity contribution < 1.29 is 19.1 Å². The van der Waals surface area contributed by atoms with Crippen molar-refractivity contribution in [3.8, 4) is 0 Å². The molecule has 0 radical (unpaired) electrons. The maximum atomic E-state index is 13.0. The molecule has 0 aliphatic carbocycles. The van der Waals surface area contributed by atoms with Crippen molar-refractivity contribution in [2.24, 2.45) is 7.05 Å². The molecule has 2 aromatic rings. The third-order valence-corrected chi connectivity index (χ3v) is 5.79. The van der Waals surface area contributed by atoms with Crippen LogP contribution in [0.5, 0.6) is 0 Å². The summed E-state index contributed by atoms with van der Waals surface area (Å²) in [4.78, 5) is 41.6. The Morgan fingerprint density at radius 1 is 1.10 bits per heavy atom. The topological polar surface area (TPSA) is 96.8 Å². The van der Waals surface area contributed by atoms with Crippen LogP contribution in [0, 0.1) is 0 Å². The molecule has 1 aromatic carbocycles. The average Bonchev–Trinajstić information content (AvgIpc) is 3.42. The van der Waals surface area contributed by atoms with Crippen molar-refractivity contribution in [2.45, 2.75) is 32.7 Å². The fourth-order valence-electron chi connectivity index (χ4n) is 4.18. The number of carbonyl (C=O) groups excluding carboxylic acids is 3. The van der Waals surface area contributed by atoms with Crippen LogP contribution in [0.4, 0.5) is 10.5 Å². The van der Waals surface area contributed by atoms with Gasteiger partial charge in [0.15, 0.2) is 5.69 Å². The molecule has 0 unspecified atom stereocenters. The molecule has 0 atom stereocenters. The van der Waals surface area contributed by atoms with Gasteiger partial charge in [0.1, 0.15) is 0 Å². The lowest BCUT2D eigenvalue weighted by Crippen LogP contribution is -2.40. The minimum absolute atomic E-state index is 0.0655. The number of rotatable bonds is 4. The van der Waals surface area contributed by atoms with E-state index in [0.29, 0.717) is 36.5 Å². The van der Waals surface area contributed by atoms with Gasteiger partial charge in [0.2, 0.25) is 0 Å². The Balaban J connectivity index is 1.52. The molecule has 0 bridgehead atoms. The number of aryl methyl sites for hydroxylation is 1. The van der Waals surface area contributed by atoms with Crippen LogP contribution in [0.3, 0.4) is 0 Å². The first kappa shape index (κ1) is 20.9. The summed E-state index contributed by atoms with van der Waals surface area (Å²) in [5.74, 6) is -0.547. The largest absolute Gasteiger partial charge is 0.462 e. The Kier molecular flexibility index (Phi) is 5.92. The zero-order valence-electron chi connectivity index (χ0n) is 17.9. The third-order valence-electron chi connectivity index (χ3n) is 5.79. The van der Waals surface area contributed by atoms with Crippen LogP contribution in [-0.4, -0.2) is 63.7 Å². The number of carbonyl (C=O) groups is 3. The van der Waals surface area contributed by atoms with Gasteiger partial charge in [0.25, 0.3) is 5.91 Å². The van der Waals surface area contributed by atoms with Gasteiger partial charge >= 0.3 is 12.0 Å². The summed E-state index contributed by atoms with van der Waals surface area (Å²) < 4.78 is 6.83. The number of ether oxygens (including phenoxy) is 1. The number of hydrogen-bond acceptors (Lipinski definition) is 5. The maximum Gasteiger partial charge on any atom is 0.340 e. The van der Waals surface area contributed by atoms with Gasteiger partial charge in [0, 0.05) is 44.4 Å². The summed E-state index contributed by atoms with van der Waals surface area (Å²) in [6, 6.07) is 6.44. The number of urea groups is 1. The summed E-state index contributed by atoms with van der Waals surface area (Å²) in [5.41, 5.74) is 2.93. The number of fused-ring (bicyclic) bond motifs is 1. The summed E-state index contributed by atoms with van der Waals surface area (Å²) in [7, 11) is 1.84. The highest BCUT2D eigenvalue weighted by molar-refractivity contribution is 6.01. The Bertz CT molecular complexity index is 1010. The zero-order chi connectivity index (χ0) is 22.0. The van der Waals surface area contributed by atoms with Crippen LogP contribution in [0.1, 0.15) is 51.9 Å². The lowest BCUT2D eigenvalue weighted by Gasteiger charge is -2.28. The quantitative estimate of drug-likeness (QED) is 0.759. The molecule has 0 spiro atoms. The predicted molar refractivity (Wildman–Crippen MR) is 114 cm³/mol. The first-order chi connectivity index (χ1) is 15.0. The maximum absolute atomic E-state index is 13.0. The van der Waals surface area contributed by atoms with Gasteiger partial charge in [-0.15, -0.1) is 0 Å². The van der Waals surface area contributed by atoms with Crippen LogP contribution >= 0.6 is 0 Å². The number of aromatic nitrogens is 2. The molecule has 1 N–H and O–H groups in total. The molecule has 3 amide bonds. The van der Waals surface area contributed by atoms with Crippen LogP contribution in [0.15, 0.2) is 24.3 Å². The molecule has 164 valence electrons. The van der Waals surface area contributed by atoms with Gasteiger partial charge in [-0.3, -0.25) is 9.48 Å². The SMILES string of the molecule is CCOC(=O)c1ccccc1NC(=O)N1CCc2c(c(C(=O)N3CCCC3)nn2C)C1. The zero-order valence-corrected chi connectivity index (χ0v) is 17.9. The van der Waals surface area contributed by atoms with Crippen LogP contribution in [0.2, 0.25) is 0 Å². The molecular weight excluding hydrogens is 398 g/mol. The number of amides is 3. The summed E-state index contributed by atoms with van der Waals surface area (Å²) in [5, 5.41) is 7.30. The number of anilines is 1. The number of hydrogen-bond donors (Lipinski definition) is 1. The second kappa shape index (κ2) is 8.79. The summed E-state index contributed by atoms with van der Waals surface area (Å²) >= 11 is 0. The van der Waals surface area contributed by atoms with E-state index < -0.39 is 5.97 Å². The van der Waals surface area contributed by atoms with Crippen LogP contribution < -0.4 is 5.32 Å². The van der Waals surface area contributed by atoms with Gasteiger partial charge in [-0.05, 0) is 31.9 Å². The van der Waals surface area contributed by atoms with Crippen molar-refractivity contribution in [3.05, 3.63) is 46.8 Å². The van der Waals surface area contributed by atoms with E-state index in [2.05, 4.69) is 10.4 Å². The van der Waals surface area contributed by atoms with Gasteiger partial charge in [-0.2, -0.15) is 5.10 Å². The molecule has 2 aliphatic rings. The monoisotopic (exact) mass is 425 g/mol. The molecule has 9 nitrogen and oxygen atoms in total. The van der Waals surface area contributed by atoms with Gasteiger partial charge in [-0.25, -0.2) is 9.59 Å². The molecule has 2 aliphatic heterocycles. The Hall–Kier alpha value is -3.36. The first-order valence-electron chi connectivity index (χ1n) is 10.7. The van der Waals surface area contributed by atoms with E-state index in [-0.39, 0.29) is 18.5 Å². The Morgan fingerprint density at radius 2 is 1.84 bits per heavy atom. The highest BCUT2D eigenvalue weighted by Gasteiger charge is 2.32. The van der Waals surface area contributed by atoms with E-state index in [1.807, 2.05) is 11.9 Å². The number of para-hydroxylation sites is 1. The fraction of sp³-hybridized carbons (Fsp3) is 0.455. The molecule has 1 saturated heterocycles. The second-order valence-electron chi connectivity index (χ2n) is 7.76. The van der Waals surface area contributed by atoms with Gasteiger partial charge in [0.05, 0.1) is 24.4 Å². The smallest absolute Gasteiger partial charge is 0.340 e. The highest BCUT2D eigenvalue weighted by Crippen LogP contribution is 2.25. The Labute approximate surface area is 180 Å². The number of nitrogens with zero attached hydrogens (tertiary/aromatic N) is 4. The van der Waals surface area contributed by atoms with Crippen molar-refractivity contribution in [1.29, 1.82) is 0 Å². The molecule has 31 heavy (non-hydrogen) atoms. The number of benzene rings is 1. The van der Waals surface area contributed by atoms with E-state index in [1.54, 1.807) is 40.8 Å². The van der Waals surface area contributed by atoms with Crippen molar-refractivity contribution in [2.75, 3.05) is 31.6 Å². The number of likely N-dealkylation sites (tertiary alicyclic amines) is 1. The predicted octanol–water partition coefficient (Wildman–Crippen LogP) is 2.42. The summed E-state index contributed by atoms with van der Waals surface area (Å²) in [6.07, 6.45) is 2.63. The lowest BCUT2D eigenvalue weighted by atomic mass is 10.0. The number of nitrogens with one attached hydrogen (secondary N) is 1. The molecular formula is C22H27N5O4. The van der Waals surface area contributed by atoms with E-state index >= 15 is 0 Å². The highest BCUT2D eigenvalue weighted by atomic mass is 16.5. The molecule has 9 heteroatoms. The third kappa shape index (κ3) is 4.12. The second-order valence-corrected chi connectivity index (χ2v) is 7.76. The Morgan fingerprint density at radius 3 is 2.58 bits per heavy atom. The molecule has 3 heterocycles. The van der Waals surface area contributed by atoms with Gasteiger partial charge in [-0.1, -0.05) is 12.1 Å². The van der Waals surface area contributed by atoms with E-state index in [1.165, 1.54) is 0 Å². The lowest BCUT2D eigenvalue weighted by molar-refractivity contribution is 0.0527. The van der Waals surface area contributed by atoms with E-state index in [4.69, 9.17) is 4.74 Å². The van der Waals surface area contributed by atoms with E-state index in [0.717, 1.165) is 37.2 Å². The fourth-order valence-corrected chi connectivity index (χ4v) is 4.18. The summed E-state index contributed by atoms with van der Waals surface area (Å²) in [6.45, 7) is 4.28. The van der Waals surface area contributed by atoms with Crippen LogP contribution in [-0.2, 0) is 24.8 Å². The van der Waals surface area contributed by atoms with Crippen LogP contribution in [0.25, 0.3) is 0 Å². The average molecular weight is 425 g/mol. The van der Waals surface area contributed by atoms with Crippen molar-refractivity contribution >= 4 is 23.6 Å². The molecule has 0 saturated carbocycles. The molecule has 1 fully saturated rings. The molecule has 1 aromatic heterocycles. The van der Waals surface area contributed by atoms with Crippen molar-refractivity contribution in [1.82, 2.24) is 19.6 Å². The molecule has 4 rings (SSSR count). The number of esters is 1. The standard InChI is InChI=1S/C22H27N5O4/c1-3-31-21(29)15-8-4-5-9-17(15)23-22(30)27-13-10-18-16(14-27)19(24-25(18)2)20(28)26-11-6-7-12-26/h4-5,8-9H,3,6-7,10-14H2,1-2H3,(H,23,30). The van der Waals surface area contributed by atoms with Crippen molar-refractivity contribution in [3.63, 3.8) is 0 Å². The minimum Gasteiger partial charge on any atom is -0.462 e. The van der Waals surface area contributed by atoms with Gasteiger partial charge < -0.3 is 19.9 Å². The normalized spacial score (nSPS) is 15.5. The van der Waals surface area contributed by atoms with E-state index in [9.17, 15) is 14.4 Å². The first-order valence-corrected chi connectivity index (χ1v) is 10.7. The minimum atomic E-state index is -0.481.